The van der Waals surface area contributed by atoms with Gasteiger partial charge in [0.05, 0.1) is 12.2 Å². The fraction of sp³-hybridized carbons (Fsp3) is 0.583. The van der Waals surface area contributed by atoms with Gasteiger partial charge in [0.2, 0.25) is 0 Å². The molecular weight excluding hydrogens is 266 g/mol. The van der Waals surface area contributed by atoms with Crippen LogP contribution in [-0.4, -0.2) is 43.0 Å². The topological polar surface area (TPSA) is 85.5 Å². The number of ether oxygens (including phenoxy) is 1. The van der Waals surface area contributed by atoms with Crippen molar-refractivity contribution in [3.05, 3.63) is 23.9 Å². The van der Waals surface area contributed by atoms with Crippen LogP contribution in [-0.2, 0) is 21.3 Å². The number of hydrogen-bond acceptors (Lipinski definition) is 5. The molecule has 2 aliphatic heterocycles. The van der Waals surface area contributed by atoms with E-state index >= 15 is 0 Å². The van der Waals surface area contributed by atoms with Crippen molar-refractivity contribution in [2.45, 2.75) is 36.6 Å². The molecule has 2 fully saturated rings. The molecule has 2 N–H and O–H groups in total. The number of nitrogens with zero attached hydrogens (tertiary/aromatic N) is 2. The van der Waals surface area contributed by atoms with Crippen molar-refractivity contribution in [1.82, 2.24) is 9.29 Å². The third kappa shape index (κ3) is 2.38. The Morgan fingerprint density at radius 3 is 2.53 bits per heavy atom. The molecule has 19 heavy (non-hydrogen) atoms. The third-order valence-corrected chi connectivity index (χ3v) is 5.40. The summed E-state index contributed by atoms with van der Waals surface area (Å²) in [7, 11) is -3.51. The molecule has 1 aromatic heterocycles. The predicted molar refractivity (Wildman–Crippen MR) is 68.8 cm³/mol. The van der Waals surface area contributed by atoms with Gasteiger partial charge in [-0.2, -0.15) is 4.31 Å². The van der Waals surface area contributed by atoms with Crippen molar-refractivity contribution in [3.63, 3.8) is 0 Å². The maximum Gasteiger partial charge on any atom is 0.260 e. The third-order valence-electron chi connectivity index (χ3n) is 3.65. The molecule has 104 valence electrons. The Morgan fingerprint density at radius 1 is 1.32 bits per heavy atom. The van der Waals surface area contributed by atoms with Gasteiger partial charge in [-0.25, -0.2) is 13.4 Å². The fourth-order valence-corrected chi connectivity index (χ4v) is 4.01. The number of hydrogen-bond donors (Lipinski definition) is 1. The molecule has 0 aliphatic carbocycles. The minimum Gasteiger partial charge on any atom is -0.372 e. The van der Waals surface area contributed by atoms with Crippen molar-refractivity contribution in [2.24, 2.45) is 5.73 Å². The molecule has 7 heteroatoms. The van der Waals surface area contributed by atoms with Crippen molar-refractivity contribution in [3.8, 4) is 0 Å². The van der Waals surface area contributed by atoms with Crippen molar-refractivity contribution < 1.29 is 13.2 Å². The summed E-state index contributed by atoms with van der Waals surface area (Å²) in [4.78, 5) is 4.02. The van der Waals surface area contributed by atoms with Gasteiger partial charge >= 0.3 is 0 Å². The van der Waals surface area contributed by atoms with Crippen molar-refractivity contribution in [1.29, 1.82) is 0 Å². The van der Waals surface area contributed by atoms with Crippen molar-refractivity contribution >= 4 is 10.0 Å². The Kier molecular flexibility index (Phi) is 3.30. The van der Waals surface area contributed by atoms with Crippen LogP contribution in [0.25, 0.3) is 0 Å². The summed E-state index contributed by atoms with van der Waals surface area (Å²) >= 11 is 0. The summed E-state index contributed by atoms with van der Waals surface area (Å²) in [6, 6.07) is 3.23. The standard InChI is InChI=1S/C12H17N3O3S/c13-5-9-1-4-12(14-6-9)19(16,17)15-7-10-2-3-11(8-15)18-10/h1,4,6,10-11H,2-3,5,7-8,13H2. The molecule has 0 saturated carbocycles. The highest BCUT2D eigenvalue weighted by Gasteiger charge is 2.39. The summed E-state index contributed by atoms with van der Waals surface area (Å²) in [5.74, 6) is 0. The maximum atomic E-state index is 12.5. The van der Waals surface area contributed by atoms with E-state index in [4.69, 9.17) is 10.5 Å². The summed E-state index contributed by atoms with van der Waals surface area (Å²) in [5, 5.41) is 0.0889. The van der Waals surface area contributed by atoms with Gasteiger partial charge in [0.15, 0.2) is 5.03 Å². The first-order chi connectivity index (χ1) is 9.09. The zero-order valence-corrected chi connectivity index (χ0v) is 11.3. The Morgan fingerprint density at radius 2 is 2.00 bits per heavy atom. The molecule has 2 aliphatic rings. The van der Waals surface area contributed by atoms with Crippen LogP contribution in [0.3, 0.4) is 0 Å². The van der Waals surface area contributed by atoms with Gasteiger partial charge in [-0.3, -0.25) is 0 Å². The highest BCUT2D eigenvalue weighted by molar-refractivity contribution is 7.89. The number of fused-ring (bicyclic) bond motifs is 2. The van der Waals surface area contributed by atoms with Crippen LogP contribution < -0.4 is 5.73 Å². The molecule has 0 amide bonds. The highest BCUT2D eigenvalue weighted by Crippen LogP contribution is 2.29. The quantitative estimate of drug-likeness (QED) is 0.850. The Bertz CT molecular complexity index is 546. The lowest BCUT2D eigenvalue weighted by Crippen LogP contribution is -2.45. The SMILES string of the molecule is NCc1ccc(S(=O)(=O)N2CC3CCC(C2)O3)nc1. The number of morpholine rings is 1. The van der Waals surface area contributed by atoms with E-state index in [2.05, 4.69) is 4.98 Å². The van der Waals surface area contributed by atoms with Crippen LogP contribution in [0.15, 0.2) is 23.4 Å². The Hall–Kier alpha value is -1.02. The number of nitrogens with two attached hydrogens (primary N) is 1. The lowest BCUT2D eigenvalue weighted by Gasteiger charge is -2.30. The normalized spacial score (nSPS) is 27.6. The molecular formula is C12H17N3O3S. The zero-order valence-electron chi connectivity index (χ0n) is 10.5. The minimum atomic E-state index is -3.51. The summed E-state index contributed by atoms with van der Waals surface area (Å²) in [6.45, 7) is 1.22. The fourth-order valence-electron chi connectivity index (χ4n) is 2.59. The molecule has 0 aromatic carbocycles. The van der Waals surface area contributed by atoms with Gasteiger partial charge in [-0.15, -0.1) is 0 Å². The average molecular weight is 283 g/mol. The van der Waals surface area contributed by atoms with E-state index in [-0.39, 0.29) is 17.2 Å². The summed E-state index contributed by atoms with van der Waals surface area (Å²) in [6.07, 6.45) is 3.47. The van der Waals surface area contributed by atoms with E-state index in [0.29, 0.717) is 19.6 Å². The van der Waals surface area contributed by atoms with E-state index in [1.54, 1.807) is 6.07 Å². The molecule has 0 spiro atoms. The number of pyridine rings is 1. The van der Waals surface area contributed by atoms with Crippen LogP contribution in [0.2, 0.25) is 0 Å². The summed E-state index contributed by atoms with van der Waals surface area (Å²) in [5.41, 5.74) is 6.30. The Balaban J connectivity index is 1.85. The molecule has 2 unspecified atom stereocenters. The molecule has 1 aromatic rings. The van der Waals surface area contributed by atoms with Gasteiger partial charge in [0.1, 0.15) is 0 Å². The molecule has 0 radical (unpaired) electrons. The largest absolute Gasteiger partial charge is 0.372 e. The number of sulfonamides is 1. The van der Waals surface area contributed by atoms with E-state index < -0.39 is 10.0 Å². The molecule has 2 atom stereocenters. The van der Waals surface area contributed by atoms with E-state index in [0.717, 1.165) is 18.4 Å². The summed E-state index contributed by atoms with van der Waals surface area (Å²) < 4.78 is 32.1. The van der Waals surface area contributed by atoms with Gasteiger partial charge < -0.3 is 10.5 Å². The van der Waals surface area contributed by atoms with E-state index in [9.17, 15) is 8.42 Å². The second-order valence-corrected chi connectivity index (χ2v) is 6.87. The monoisotopic (exact) mass is 283 g/mol. The lowest BCUT2D eigenvalue weighted by molar-refractivity contribution is -0.0115. The zero-order chi connectivity index (χ0) is 13.5. The van der Waals surface area contributed by atoms with Gasteiger partial charge in [0.25, 0.3) is 10.0 Å². The smallest absolute Gasteiger partial charge is 0.260 e. The molecule has 2 saturated heterocycles. The van der Waals surface area contributed by atoms with Crippen LogP contribution >= 0.6 is 0 Å². The number of aromatic nitrogens is 1. The number of rotatable bonds is 3. The van der Waals surface area contributed by atoms with Gasteiger partial charge in [-0.05, 0) is 24.5 Å². The van der Waals surface area contributed by atoms with Crippen LogP contribution in [0.4, 0.5) is 0 Å². The predicted octanol–water partition coefficient (Wildman–Crippen LogP) is 0.0922. The Labute approximate surface area is 112 Å². The first-order valence-electron chi connectivity index (χ1n) is 6.40. The van der Waals surface area contributed by atoms with E-state index in [1.165, 1.54) is 16.6 Å². The second kappa shape index (κ2) is 4.82. The highest BCUT2D eigenvalue weighted by atomic mass is 32.2. The minimum absolute atomic E-state index is 0.0387. The van der Waals surface area contributed by atoms with Gasteiger partial charge in [0, 0.05) is 25.8 Å². The first kappa shape index (κ1) is 13.0. The first-order valence-corrected chi connectivity index (χ1v) is 7.84. The molecule has 3 heterocycles. The van der Waals surface area contributed by atoms with Crippen molar-refractivity contribution in [2.75, 3.05) is 13.1 Å². The van der Waals surface area contributed by atoms with E-state index in [1.807, 2.05) is 0 Å². The lowest BCUT2D eigenvalue weighted by atomic mass is 10.2. The van der Waals surface area contributed by atoms with Crippen LogP contribution in [0.1, 0.15) is 18.4 Å². The molecule has 2 bridgehead atoms. The molecule has 6 nitrogen and oxygen atoms in total. The molecule has 3 rings (SSSR count). The maximum absolute atomic E-state index is 12.5. The van der Waals surface area contributed by atoms with Gasteiger partial charge in [-0.1, -0.05) is 6.07 Å². The second-order valence-electron chi connectivity index (χ2n) is 4.99. The van der Waals surface area contributed by atoms with Crippen LogP contribution in [0.5, 0.6) is 0 Å². The van der Waals surface area contributed by atoms with Crippen LogP contribution in [0, 0.1) is 0 Å². The average Bonchev–Trinajstić information content (AvgIpc) is 2.77.